The second-order valence-electron chi connectivity index (χ2n) is 5.81. The minimum absolute atomic E-state index is 0.354. The van der Waals surface area contributed by atoms with Crippen LogP contribution in [0.5, 0.6) is 0 Å². The molecule has 1 N–H and O–H groups in total. The van der Waals surface area contributed by atoms with Gasteiger partial charge in [-0.05, 0) is 48.9 Å². The molecular weight excluding hydrogens is 242 g/mol. The monoisotopic (exact) mass is 259 g/mol. The molecule has 2 saturated carbocycles. The van der Waals surface area contributed by atoms with Gasteiger partial charge in [0.05, 0.1) is 6.04 Å². The highest BCUT2D eigenvalue weighted by atomic mass is 32.1. The lowest BCUT2D eigenvalue weighted by Crippen LogP contribution is -2.49. The van der Waals surface area contributed by atoms with Gasteiger partial charge in [-0.15, -0.1) is 0 Å². The predicted octanol–water partition coefficient (Wildman–Crippen LogP) is 3.05. The van der Waals surface area contributed by atoms with E-state index in [0.29, 0.717) is 23.2 Å². The summed E-state index contributed by atoms with van der Waals surface area (Å²) in [5, 5.41) is 3.99. The van der Waals surface area contributed by atoms with Crippen LogP contribution in [0, 0.1) is 17.8 Å². The largest absolute Gasteiger partial charge is 0.467 e. The molecule has 0 amide bonds. The number of nitrogens with one attached hydrogen (secondary N) is 1. The van der Waals surface area contributed by atoms with Gasteiger partial charge in [-0.1, -0.05) is 30.3 Å². The molecule has 3 fully saturated rings. The van der Waals surface area contributed by atoms with E-state index in [1.54, 1.807) is 0 Å². The van der Waals surface area contributed by atoms with Gasteiger partial charge in [0.1, 0.15) is 6.10 Å². The van der Waals surface area contributed by atoms with E-state index in [2.05, 4.69) is 35.6 Å². The van der Waals surface area contributed by atoms with E-state index in [-0.39, 0.29) is 0 Å². The molecule has 1 heterocycles. The van der Waals surface area contributed by atoms with Crippen molar-refractivity contribution in [2.75, 3.05) is 0 Å². The molecule has 3 aliphatic rings. The van der Waals surface area contributed by atoms with E-state index in [0.717, 1.165) is 11.8 Å². The van der Waals surface area contributed by atoms with E-state index < -0.39 is 0 Å². The summed E-state index contributed by atoms with van der Waals surface area (Å²) in [6, 6.07) is 11.0. The SMILES string of the molecule is S=C1N[C@@H](c2ccccc2)[C@H]2[C@@H]3CC[C@@H](C3)[C@H]2O1. The lowest BCUT2D eigenvalue weighted by molar-refractivity contribution is 0.0248. The highest BCUT2D eigenvalue weighted by Gasteiger charge is 2.54. The van der Waals surface area contributed by atoms with Gasteiger partial charge in [0.2, 0.25) is 0 Å². The first-order valence-corrected chi connectivity index (χ1v) is 7.26. The summed E-state index contributed by atoms with van der Waals surface area (Å²) in [5.74, 6) is 2.17. The molecule has 94 valence electrons. The minimum Gasteiger partial charge on any atom is -0.467 e. The fourth-order valence-electron chi connectivity index (χ4n) is 4.27. The zero-order chi connectivity index (χ0) is 12.1. The van der Waals surface area contributed by atoms with Gasteiger partial charge in [-0.2, -0.15) is 0 Å². The molecule has 4 rings (SSSR count). The van der Waals surface area contributed by atoms with Crippen molar-refractivity contribution in [1.82, 2.24) is 5.32 Å². The van der Waals surface area contributed by atoms with E-state index in [1.807, 2.05) is 0 Å². The third-order valence-corrected chi connectivity index (χ3v) is 5.18. The lowest BCUT2D eigenvalue weighted by atomic mass is 9.78. The fourth-order valence-corrected chi connectivity index (χ4v) is 4.50. The van der Waals surface area contributed by atoms with E-state index in [1.165, 1.54) is 24.8 Å². The third-order valence-electron chi connectivity index (χ3n) is 4.96. The number of benzene rings is 1. The van der Waals surface area contributed by atoms with Crippen LogP contribution in [0.25, 0.3) is 0 Å². The molecule has 0 aromatic heterocycles. The fraction of sp³-hybridized carbons (Fsp3) is 0.533. The Bertz CT molecular complexity index is 475. The molecule has 0 spiro atoms. The van der Waals surface area contributed by atoms with Crippen LogP contribution in [-0.2, 0) is 4.74 Å². The van der Waals surface area contributed by atoms with E-state index in [4.69, 9.17) is 17.0 Å². The average molecular weight is 259 g/mol. The predicted molar refractivity (Wildman–Crippen MR) is 74.1 cm³/mol. The van der Waals surface area contributed by atoms with Crippen LogP contribution in [0.15, 0.2) is 30.3 Å². The molecular formula is C15H17NOS. The summed E-state index contributed by atoms with van der Waals surface area (Å²) < 4.78 is 5.92. The van der Waals surface area contributed by atoms with Crippen LogP contribution in [0.2, 0.25) is 0 Å². The summed E-state index contributed by atoms with van der Waals surface area (Å²) in [6.45, 7) is 0. The maximum absolute atomic E-state index is 5.92. The summed E-state index contributed by atoms with van der Waals surface area (Å²) >= 11 is 5.29. The van der Waals surface area contributed by atoms with Crippen molar-refractivity contribution in [1.29, 1.82) is 0 Å². The first-order valence-electron chi connectivity index (χ1n) is 6.85. The molecule has 1 aromatic carbocycles. The zero-order valence-corrected chi connectivity index (χ0v) is 11.0. The van der Waals surface area contributed by atoms with Gasteiger partial charge in [0.25, 0.3) is 5.17 Å². The summed E-state index contributed by atoms with van der Waals surface area (Å²) in [6.07, 6.45) is 4.40. The Kier molecular flexibility index (Phi) is 2.37. The number of hydrogen-bond donors (Lipinski definition) is 1. The molecule has 3 heteroatoms. The number of rotatable bonds is 1. The number of thiocarbonyl (C=S) groups is 1. The van der Waals surface area contributed by atoms with Gasteiger partial charge in [-0.3, -0.25) is 0 Å². The molecule has 2 aliphatic carbocycles. The molecule has 2 nitrogen and oxygen atoms in total. The van der Waals surface area contributed by atoms with Crippen LogP contribution < -0.4 is 5.32 Å². The van der Waals surface area contributed by atoms with Crippen LogP contribution in [0.1, 0.15) is 30.9 Å². The second-order valence-corrected chi connectivity index (χ2v) is 6.18. The van der Waals surface area contributed by atoms with Crippen molar-refractivity contribution in [3.63, 3.8) is 0 Å². The van der Waals surface area contributed by atoms with Gasteiger partial charge in [-0.25, -0.2) is 0 Å². The van der Waals surface area contributed by atoms with Crippen molar-refractivity contribution in [3.05, 3.63) is 35.9 Å². The Morgan fingerprint density at radius 3 is 2.72 bits per heavy atom. The molecule has 0 radical (unpaired) electrons. The van der Waals surface area contributed by atoms with Gasteiger partial charge in [0.15, 0.2) is 0 Å². The molecule has 1 aromatic rings. The highest BCUT2D eigenvalue weighted by molar-refractivity contribution is 7.80. The molecule has 1 aliphatic heterocycles. The van der Waals surface area contributed by atoms with Crippen molar-refractivity contribution in [3.8, 4) is 0 Å². The van der Waals surface area contributed by atoms with Gasteiger partial charge < -0.3 is 10.1 Å². The Labute approximate surface area is 113 Å². The molecule has 2 bridgehead atoms. The smallest absolute Gasteiger partial charge is 0.257 e. The quantitative estimate of drug-likeness (QED) is 0.783. The standard InChI is InChI=1S/C15H17NOS/c18-15-16-13(9-4-2-1-3-5-9)12-10-6-7-11(8-10)14(12)17-15/h1-5,10-14H,6-8H2,(H,16,18)/t10-,11+,12-,13+,14-/m1/s1. The van der Waals surface area contributed by atoms with E-state index >= 15 is 0 Å². The van der Waals surface area contributed by atoms with Crippen molar-refractivity contribution >= 4 is 17.4 Å². The highest BCUT2D eigenvalue weighted by Crippen LogP contribution is 2.55. The summed E-state index contributed by atoms with van der Waals surface area (Å²) in [4.78, 5) is 0. The minimum atomic E-state index is 0.354. The van der Waals surface area contributed by atoms with Crippen LogP contribution >= 0.6 is 12.2 Å². The number of hydrogen-bond acceptors (Lipinski definition) is 2. The first kappa shape index (κ1) is 10.8. The number of fused-ring (bicyclic) bond motifs is 5. The van der Waals surface area contributed by atoms with Crippen molar-refractivity contribution in [2.45, 2.75) is 31.4 Å². The summed E-state index contributed by atoms with van der Waals surface area (Å²) in [5.41, 5.74) is 1.35. The average Bonchev–Trinajstić information content (AvgIpc) is 3.00. The molecule has 18 heavy (non-hydrogen) atoms. The summed E-state index contributed by atoms with van der Waals surface area (Å²) in [7, 11) is 0. The van der Waals surface area contributed by atoms with Gasteiger partial charge >= 0.3 is 0 Å². The van der Waals surface area contributed by atoms with Gasteiger partial charge in [0, 0.05) is 5.92 Å². The van der Waals surface area contributed by atoms with Crippen molar-refractivity contribution in [2.24, 2.45) is 17.8 Å². The zero-order valence-electron chi connectivity index (χ0n) is 10.2. The lowest BCUT2D eigenvalue weighted by Gasteiger charge is -2.42. The van der Waals surface area contributed by atoms with E-state index in [9.17, 15) is 0 Å². The van der Waals surface area contributed by atoms with Crippen molar-refractivity contribution < 1.29 is 4.74 Å². The maximum atomic E-state index is 5.92. The molecule has 0 unspecified atom stereocenters. The Balaban J connectivity index is 1.71. The Hall–Kier alpha value is -1.09. The maximum Gasteiger partial charge on any atom is 0.257 e. The van der Waals surface area contributed by atoms with Crippen LogP contribution in [0.4, 0.5) is 0 Å². The Morgan fingerprint density at radius 2 is 1.89 bits per heavy atom. The topological polar surface area (TPSA) is 21.3 Å². The number of ether oxygens (including phenoxy) is 1. The molecule has 5 atom stereocenters. The van der Waals surface area contributed by atoms with Crippen LogP contribution in [0.3, 0.4) is 0 Å². The first-order chi connectivity index (χ1) is 8.83. The van der Waals surface area contributed by atoms with Crippen LogP contribution in [-0.4, -0.2) is 11.3 Å². The second kappa shape index (κ2) is 3.95. The Morgan fingerprint density at radius 1 is 1.11 bits per heavy atom. The third kappa shape index (κ3) is 1.50. The normalized spacial score (nSPS) is 41.1. The molecule has 1 saturated heterocycles.